The summed E-state index contributed by atoms with van der Waals surface area (Å²) in [6.07, 6.45) is 6.92. The molecule has 1 aliphatic heterocycles. The maximum absolute atomic E-state index is 6.16. The summed E-state index contributed by atoms with van der Waals surface area (Å²) < 4.78 is 13.2. The van der Waals surface area contributed by atoms with Crippen LogP contribution < -0.4 is 15.2 Å². The number of ether oxygens (including phenoxy) is 2. The van der Waals surface area contributed by atoms with Crippen molar-refractivity contribution >= 4 is 5.69 Å². The summed E-state index contributed by atoms with van der Waals surface area (Å²) in [7, 11) is 0. The number of anilines is 1. The predicted octanol–water partition coefficient (Wildman–Crippen LogP) is 3.02. The van der Waals surface area contributed by atoms with E-state index in [2.05, 4.69) is 0 Å². The summed E-state index contributed by atoms with van der Waals surface area (Å²) in [6, 6.07) is 6.38. The van der Waals surface area contributed by atoms with Crippen molar-refractivity contribution in [1.29, 1.82) is 0 Å². The standard InChI is InChI=1S/C16H19N3O2/c17-13-10-19(12-3-1-2-4-12)18-16(13)11-5-6-14-15(9-11)21-8-7-20-14/h5-6,9-10,12H,1-4,7-8,17H2. The molecule has 1 fully saturated rings. The molecular weight excluding hydrogens is 266 g/mol. The average Bonchev–Trinajstić information content (AvgIpc) is 3.16. The number of nitrogens with zero attached hydrogens (tertiary/aromatic N) is 2. The Labute approximate surface area is 123 Å². The van der Waals surface area contributed by atoms with E-state index in [0.717, 1.165) is 28.4 Å². The van der Waals surface area contributed by atoms with Crippen molar-refractivity contribution in [3.63, 3.8) is 0 Å². The fourth-order valence-corrected chi connectivity index (χ4v) is 3.18. The zero-order valence-corrected chi connectivity index (χ0v) is 11.9. The van der Waals surface area contributed by atoms with E-state index in [1.807, 2.05) is 29.1 Å². The van der Waals surface area contributed by atoms with Crippen molar-refractivity contribution in [3.8, 4) is 22.8 Å². The summed E-state index contributed by atoms with van der Waals surface area (Å²) in [4.78, 5) is 0. The topological polar surface area (TPSA) is 62.3 Å². The highest BCUT2D eigenvalue weighted by molar-refractivity contribution is 5.74. The molecule has 0 unspecified atom stereocenters. The van der Waals surface area contributed by atoms with Crippen molar-refractivity contribution in [3.05, 3.63) is 24.4 Å². The van der Waals surface area contributed by atoms with E-state index >= 15 is 0 Å². The van der Waals surface area contributed by atoms with Crippen LogP contribution in [0.5, 0.6) is 11.5 Å². The van der Waals surface area contributed by atoms with E-state index in [4.69, 9.17) is 20.3 Å². The molecular formula is C16H19N3O2. The van der Waals surface area contributed by atoms with Crippen molar-refractivity contribution in [1.82, 2.24) is 9.78 Å². The van der Waals surface area contributed by atoms with E-state index in [0.29, 0.717) is 19.3 Å². The summed E-state index contributed by atoms with van der Waals surface area (Å²) in [5.74, 6) is 1.56. The zero-order valence-electron chi connectivity index (χ0n) is 11.9. The lowest BCUT2D eigenvalue weighted by Crippen LogP contribution is -2.15. The second kappa shape index (κ2) is 4.98. The minimum atomic E-state index is 0.498. The van der Waals surface area contributed by atoms with Gasteiger partial charge in [0.1, 0.15) is 18.9 Å². The summed E-state index contributed by atoms with van der Waals surface area (Å²) in [6.45, 7) is 1.19. The molecule has 2 N–H and O–H groups in total. The van der Waals surface area contributed by atoms with Crippen LogP contribution >= 0.6 is 0 Å². The van der Waals surface area contributed by atoms with Crippen LogP contribution in [0.1, 0.15) is 31.7 Å². The molecule has 110 valence electrons. The SMILES string of the molecule is Nc1cn(C2CCCC2)nc1-c1ccc2c(c1)OCCO2. The van der Waals surface area contributed by atoms with Gasteiger partial charge >= 0.3 is 0 Å². The number of nitrogens with two attached hydrogens (primary N) is 1. The van der Waals surface area contributed by atoms with Gasteiger partial charge in [-0.05, 0) is 31.0 Å². The number of benzene rings is 1. The minimum absolute atomic E-state index is 0.498. The Bertz CT molecular complexity index is 660. The Morgan fingerprint density at radius 1 is 1.10 bits per heavy atom. The summed E-state index contributed by atoms with van der Waals surface area (Å²) in [5, 5.41) is 4.71. The molecule has 5 nitrogen and oxygen atoms in total. The molecule has 0 bridgehead atoms. The Balaban J connectivity index is 1.69. The maximum atomic E-state index is 6.16. The molecule has 0 spiro atoms. The lowest BCUT2D eigenvalue weighted by atomic mass is 10.1. The first kappa shape index (κ1) is 12.6. The van der Waals surface area contributed by atoms with Gasteiger partial charge in [-0.1, -0.05) is 12.8 Å². The van der Waals surface area contributed by atoms with Gasteiger partial charge in [-0.2, -0.15) is 5.10 Å². The van der Waals surface area contributed by atoms with Crippen LogP contribution in [0.3, 0.4) is 0 Å². The average molecular weight is 285 g/mol. The Hall–Kier alpha value is -2.17. The Kier molecular flexibility index (Phi) is 2.98. The third kappa shape index (κ3) is 2.22. The Morgan fingerprint density at radius 3 is 2.67 bits per heavy atom. The van der Waals surface area contributed by atoms with Gasteiger partial charge < -0.3 is 15.2 Å². The number of aromatic nitrogens is 2. The van der Waals surface area contributed by atoms with Gasteiger partial charge in [-0.3, -0.25) is 4.68 Å². The molecule has 1 aliphatic carbocycles. The van der Waals surface area contributed by atoms with Gasteiger partial charge in [0.25, 0.3) is 0 Å². The molecule has 1 saturated carbocycles. The molecule has 4 rings (SSSR count). The second-order valence-corrected chi connectivity index (χ2v) is 5.71. The van der Waals surface area contributed by atoms with E-state index in [9.17, 15) is 0 Å². The van der Waals surface area contributed by atoms with Crippen LogP contribution in [-0.2, 0) is 0 Å². The molecule has 2 aromatic rings. The quantitative estimate of drug-likeness (QED) is 0.921. The van der Waals surface area contributed by atoms with Crippen LogP contribution in [0.2, 0.25) is 0 Å². The van der Waals surface area contributed by atoms with Crippen molar-refractivity contribution in [2.75, 3.05) is 18.9 Å². The second-order valence-electron chi connectivity index (χ2n) is 5.71. The normalized spacial score (nSPS) is 18.1. The highest BCUT2D eigenvalue weighted by Crippen LogP contribution is 2.37. The summed E-state index contributed by atoms with van der Waals surface area (Å²) in [5.41, 5.74) is 8.69. The fourth-order valence-electron chi connectivity index (χ4n) is 3.18. The smallest absolute Gasteiger partial charge is 0.162 e. The highest BCUT2D eigenvalue weighted by Gasteiger charge is 2.20. The first-order chi connectivity index (χ1) is 10.3. The highest BCUT2D eigenvalue weighted by atomic mass is 16.6. The lowest BCUT2D eigenvalue weighted by molar-refractivity contribution is 0.171. The molecule has 5 heteroatoms. The third-order valence-electron chi connectivity index (χ3n) is 4.27. The van der Waals surface area contributed by atoms with Gasteiger partial charge in [0.2, 0.25) is 0 Å². The largest absolute Gasteiger partial charge is 0.486 e. The fraction of sp³-hybridized carbons (Fsp3) is 0.438. The van der Waals surface area contributed by atoms with E-state index < -0.39 is 0 Å². The predicted molar refractivity (Wildman–Crippen MR) is 80.6 cm³/mol. The number of rotatable bonds is 2. The summed E-state index contributed by atoms with van der Waals surface area (Å²) >= 11 is 0. The number of nitrogen functional groups attached to an aromatic ring is 1. The minimum Gasteiger partial charge on any atom is -0.486 e. The van der Waals surface area contributed by atoms with E-state index in [-0.39, 0.29) is 0 Å². The van der Waals surface area contributed by atoms with Gasteiger partial charge in [-0.15, -0.1) is 0 Å². The molecule has 0 amide bonds. The molecule has 1 aromatic carbocycles. The van der Waals surface area contributed by atoms with Crippen LogP contribution in [0.25, 0.3) is 11.3 Å². The van der Waals surface area contributed by atoms with E-state index in [1.165, 1.54) is 25.7 Å². The van der Waals surface area contributed by atoms with Gasteiger partial charge in [0.15, 0.2) is 11.5 Å². The lowest BCUT2D eigenvalue weighted by Gasteiger charge is -2.18. The van der Waals surface area contributed by atoms with E-state index in [1.54, 1.807) is 0 Å². The maximum Gasteiger partial charge on any atom is 0.162 e. The number of hydrogen-bond acceptors (Lipinski definition) is 4. The molecule has 0 atom stereocenters. The van der Waals surface area contributed by atoms with Gasteiger partial charge in [0.05, 0.1) is 11.7 Å². The number of fused-ring (bicyclic) bond motifs is 1. The molecule has 2 heterocycles. The van der Waals surface area contributed by atoms with Crippen molar-refractivity contribution in [2.24, 2.45) is 0 Å². The molecule has 1 aromatic heterocycles. The van der Waals surface area contributed by atoms with Crippen molar-refractivity contribution < 1.29 is 9.47 Å². The first-order valence-corrected chi connectivity index (χ1v) is 7.56. The molecule has 0 saturated heterocycles. The van der Waals surface area contributed by atoms with Gasteiger partial charge in [-0.25, -0.2) is 0 Å². The Morgan fingerprint density at radius 2 is 1.86 bits per heavy atom. The van der Waals surface area contributed by atoms with Gasteiger partial charge in [0, 0.05) is 11.8 Å². The van der Waals surface area contributed by atoms with Crippen molar-refractivity contribution in [2.45, 2.75) is 31.7 Å². The molecule has 0 radical (unpaired) electrons. The first-order valence-electron chi connectivity index (χ1n) is 7.56. The zero-order chi connectivity index (χ0) is 14.2. The molecule has 21 heavy (non-hydrogen) atoms. The third-order valence-corrected chi connectivity index (χ3v) is 4.27. The van der Waals surface area contributed by atoms with Crippen LogP contribution in [0.4, 0.5) is 5.69 Å². The monoisotopic (exact) mass is 285 g/mol. The van der Waals surface area contributed by atoms with Crippen LogP contribution in [-0.4, -0.2) is 23.0 Å². The number of hydrogen-bond donors (Lipinski definition) is 1. The molecule has 2 aliphatic rings. The van der Waals surface area contributed by atoms with Crippen LogP contribution in [0, 0.1) is 0 Å². The van der Waals surface area contributed by atoms with Crippen LogP contribution in [0.15, 0.2) is 24.4 Å².